The third kappa shape index (κ3) is 3.50. The van der Waals surface area contributed by atoms with Crippen LogP contribution in [0.4, 0.5) is 0 Å². The van der Waals surface area contributed by atoms with Crippen LogP contribution in [0.5, 0.6) is 0 Å². The standard InChI is InChI=1S/C17H27N3O2/c1-13-18-16(20-22-13)17(11-5-6-12-17)19-15(21)10-9-14-7-3-2-4-8-14/h14H,2-12H2,1H3,(H,19,21). The molecule has 1 amide bonds. The normalized spacial score (nSPS) is 21.9. The number of hydrogen-bond acceptors (Lipinski definition) is 4. The van der Waals surface area contributed by atoms with E-state index in [1.165, 1.54) is 32.1 Å². The number of rotatable bonds is 5. The topological polar surface area (TPSA) is 68.0 Å². The second-order valence-corrected chi connectivity index (χ2v) is 7.02. The number of aromatic nitrogens is 2. The van der Waals surface area contributed by atoms with E-state index in [9.17, 15) is 4.79 Å². The fourth-order valence-corrected chi connectivity index (χ4v) is 4.02. The first kappa shape index (κ1) is 15.5. The SMILES string of the molecule is Cc1nc(C2(NC(=O)CCC3CCCCC3)CCCC2)no1. The van der Waals surface area contributed by atoms with E-state index in [-0.39, 0.29) is 11.4 Å². The average Bonchev–Trinajstić information content (AvgIpc) is 3.16. The van der Waals surface area contributed by atoms with E-state index in [1.54, 1.807) is 6.92 Å². The molecule has 0 spiro atoms. The van der Waals surface area contributed by atoms with E-state index in [0.717, 1.165) is 38.0 Å². The monoisotopic (exact) mass is 305 g/mol. The second kappa shape index (κ2) is 6.80. The Labute approximate surface area is 132 Å². The minimum absolute atomic E-state index is 0.148. The number of carbonyl (C=O) groups excluding carboxylic acids is 1. The molecule has 1 N–H and O–H groups in total. The van der Waals surface area contributed by atoms with Crippen LogP contribution >= 0.6 is 0 Å². The molecule has 1 heterocycles. The summed E-state index contributed by atoms with van der Waals surface area (Å²) in [6.45, 7) is 1.80. The fourth-order valence-electron chi connectivity index (χ4n) is 4.02. The van der Waals surface area contributed by atoms with Crippen LogP contribution in [0.3, 0.4) is 0 Å². The number of amides is 1. The summed E-state index contributed by atoms with van der Waals surface area (Å²) in [7, 11) is 0. The molecule has 2 fully saturated rings. The van der Waals surface area contributed by atoms with Gasteiger partial charge in [0.05, 0.1) is 0 Å². The van der Waals surface area contributed by atoms with Crippen molar-refractivity contribution in [2.75, 3.05) is 0 Å². The minimum Gasteiger partial charge on any atom is -0.343 e. The highest BCUT2D eigenvalue weighted by molar-refractivity contribution is 5.77. The number of aryl methyl sites for hydroxylation is 1. The lowest BCUT2D eigenvalue weighted by atomic mass is 9.86. The van der Waals surface area contributed by atoms with Crippen LogP contribution in [-0.2, 0) is 10.3 Å². The van der Waals surface area contributed by atoms with Crippen LogP contribution < -0.4 is 5.32 Å². The first-order chi connectivity index (χ1) is 10.7. The average molecular weight is 305 g/mol. The van der Waals surface area contributed by atoms with Crippen molar-refractivity contribution in [1.29, 1.82) is 0 Å². The van der Waals surface area contributed by atoms with E-state index in [2.05, 4.69) is 15.5 Å². The van der Waals surface area contributed by atoms with Crippen LogP contribution in [-0.4, -0.2) is 16.0 Å². The van der Waals surface area contributed by atoms with E-state index < -0.39 is 0 Å². The van der Waals surface area contributed by atoms with Crippen molar-refractivity contribution in [2.45, 2.75) is 83.1 Å². The molecule has 22 heavy (non-hydrogen) atoms. The molecule has 5 nitrogen and oxygen atoms in total. The summed E-state index contributed by atoms with van der Waals surface area (Å²) in [5, 5.41) is 7.31. The molecule has 0 aliphatic heterocycles. The molecule has 0 unspecified atom stereocenters. The molecule has 1 aromatic rings. The third-order valence-electron chi connectivity index (χ3n) is 5.30. The van der Waals surface area contributed by atoms with Gasteiger partial charge in [-0.25, -0.2) is 0 Å². The molecular weight excluding hydrogens is 278 g/mol. The Balaban J connectivity index is 1.57. The molecule has 0 atom stereocenters. The summed E-state index contributed by atoms with van der Waals surface area (Å²) in [4.78, 5) is 16.8. The smallest absolute Gasteiger partial charge is 0.223 e. The molecule has 5 heteroatoms. The fraction of sp³-hybridized carbons (Fsp3) is 0.824. The van der Waals surface area contributed by atoms with Gasteiger partial charge in [-0.2, -0.15) is 4.98 Å². The van der Waals surface area contributed by atoms with E-state index >= 15 is 0 Å². The van der Waals surface area contributed by atoms with Gasteiger partial charge in [0.2, 0.25) is 11.8 Å². The van der Waals surface area contributed by atoms with Gasteiger partial charge in [-0.05, 0) is 25.2 Å². The first-order valence-electron chi connectivity index (χ1n) is 8.80. The zero-order valence-corrected chi connectivity index (χ0v) is 13.6. The molecule has 2 aliphatic carbocycles. The predicted octanol–water partition coefficient (Wildman–Crippen LogP) is 3.62. The van der Waals surface area contributed by atoms with Crippen molar-refractivity contribution in [3.05, 3.63) is 11.7 Å². The Morgan fingerprint density at radius 2 is 1.95 bits per heavy atom. The van der Waals surface area contributed by atoms with Crippen molar-refractivity contribution in [3.63, 3.8) is 0 Å². The van der Waals surface area contributed by atoms with Gasteiger partial charge < -0.3 is 9.84 Å². The number of hydrogen-bond donors (Lipinski definition) is 1. The lowest BCUT2D eigenvalue weighted by Crippen LogP contribution is -2.44. The van der Waals surface area contributed by atoms with Gasteiger partial charge in [0, 0.05) is 13.3 Å². The second-order valence-electron chi connectivity index (χ2n) is 7.02. The van der Waals surface area contributed by atoms with Gasteiger partial charge in [-0.15, -0.1) is 0 Å². The Bertz CT molecular complexity index is 500. The van der Waals surface area contributed by atoms with E-state index in [0.29, 0.717) is 18.1 Å². The lowest BCUT2D eigenvalue weighted by molar-refractivity contribution is -0.123. The van der Waals surface area contributed by atoms with Crippen molar-refractivity contribution < 1.29 is 9.32 Å². The molecule has 1 aromatic heterocycles. The largest absolute Gasteiger partial charge is 0.343 e. The van der Waals surface area contributed by atoms with Crippen LogP contribution in [0, 0.1) is 12.8 Å². The summed E-state index contributed by atoms with van der Waals surface area (Å²) in [6, 6.07) is 0. The van der Waals surface area contributed by atoms with Crippen molar-refractivity contribution in [1.82, 2.24) is 15.5 Å². The van der Waals surface area contributed by atoms with Gasteiger partial charge in [0.25, 0.3) is 0 Å². The Kier molecular flexibility index (Phi) is 4.79. The lowest BCUT2D eigenvalue weighted by Gasteiger charge is -2.27. The summed E-state index contributed by atoms with van der Waals surface area (Å²) in [5.41, 5.74) is -0.387. The summed E-state index contributed by atoms with van der Waals surface area (Å²) >= 11 is 0. The van der Waals surface area contributed by atoms with E-state index in [1.807, 2.05) is 0 Å². The summed E-state index contributed by atoms with van der Waals surface area (Å²) in [6.07, 6.45) is 12.3. The molecule has 3 rings (SSSR count). The van der Waals surface area contributed by atoms with Gasteiger partial charge in [0.15, 0.2) is 5.82 Å². The zero-order valence-electron chi connectivity index (χ0n) is 13.6. The highest BCUT2D eigenvalue weighted by Gasteiger charge is 2.41. The predicted molar refractivity (Wildman–Crippen MR) is 83.1 cm³/mol. The van der Waals surface area contributed by atoms with Gasteiger partial charge in [0.1, 0.15) is 5.54 Å². The van der Waals surface area contributed by atoms with Crippen LogP contribution in [0.15, 0.2) is 4.52 Å². The van der Waals surface area contributed by atoms with Gasteiger partial charge in [-0.1, -0.05) is 50.1 Å². The first-order valence-corrected chi connectivity index (χ1v) is 8.80. The maximum atomic E-state index is 12.4. The zero-order chi connectivity index (χ0) is 15.4. The molecular formula is C17H27N3O2. The maximum absolute atomic E-state index is 12.4. The molecule has 0 radical (unpaired) electrons. The van der Waals surface area contributed by atoms with Gasteiger partial charge >= 0.3 is 0 Å². The minimum atomic E-state index is -0.387. The van der Waals surface area contributed by atoms with Crippen LogP contribution in [0.25, 0.3) is 0 Å². The van der Waals surface area contributed by atoms with Crippen LogP contribution in [0.1, 0.15) is 82.3 Å². The number of nitrogens with zero attached hydrogens (tertiary/aromatic N) is 2. The Morgan fingerprint density at radius 3 is 2.59 bits per heavy atom. The van der Waals surface area contributed by atoms with Gasteiger partial charge in [-0.3, -0.25) is 4.79 Å². The molecule has 2 aliphatic rings. The molecule has 0 bridgehead atoms. The summed E-state index contributed by atoms with van der Waals surface area (Å²) < 4.78 is 5.13. The molecule has 122 valence electrons. The highest BCUT2D eigenvalue weighted by atomic mass is 16.5. The van der Waals surface area contributed by atoms with Crippen LogP contribution in [0.2, 0.25) is 0 Å². The molecule has 0 aromatic carbocycles. The van der Waals surface area contributed by atoms with E-state index in [4.69, 9.17) is 4.52 Å². The Morgan fingerprint density at radius 1 is 1.23 bits per heavy atom. The highest BCUT2D eigenvalue weighted by Crippen LogP contribution is 2.37. The number of nitrogens with one attached hydrogen (secondary N) is 1. The van der Waals surface area contributed by atoms with Crippen molar-refractivity contribution >= 4 is 5.91 Å². The molecule has 2 saturated carbocycles. The third-order valence-corrected chi connectivity index (χ3v) is 5.30. The van der Waals surface area contributed by atoms with Crippen molar-refractivity contribution in [2.24, 2.45) is 5.92 Å². The maximum Gasteiger partial charge on any atom is 0.223 e. The number of carbonyl (C=O) groups is 1. The molecule has 0 saturated heterocycles. The quantitative estimate of drug-likeness (QED) is 0.902. The Hall–Kier alpha value is -1.39. The van der Waals surface area contributed by atoms with Crippen molar-refractivity contribution in [3.8, 4) is 0 Å². The summed E-state index contributed by atoms with van der Waals surface area (Å²) in [5.74, 6) is 2.12.